The molecule has 0 aliphatic carbocycles. The fourth-order valence-electron chi connectivity index (χ4n) is 5.64. The summed E-state index contributed by atoms with van der Waals surface area (Å²) in [5.74, 6) is 0.0788. The number of carbonyl (C=O) groups is 2. The van der Waals surface area contributed by atoms with Gasteiger partial charge in [-0.3, -0.25) is 19.2 Å². The molecule has 2 aromatic carbocycles. The van der Waals surface area contributed by atoms with Gasteiger partial charge in [0, 0.05) is 48.1 Å². The van der Waals surface area contributed by atoms with Crippen molar-refractivity contribution in [2.75, 3.05) is 38.6 Å². The lowest BCUT2D eigenvalue weighted by Crippen LogP contribution is -2.47. The Kier molecular flexibility index (Phi) is 10.1. The predicted molar refractivity (Wildman–Crippen MR) is 176 cm³/mol. The Morgan fingerprint density at radius 3 is 2.60 bits per heavy atom. The summed E-state index contributed by atoms with van der Waals surface area (Å²) in [6.45, 7) is -0.902. The van der Waals surface area contributed by atoms with Crippen LogP contribution < -0.4 is 14.8 Å². The minimum atomic E-state index is -3.11. The summed E-state index contributed by atoms with van der Waals surface area (Å²) in [7, 11) is 2.04. The van der Waals surface area contributed by atoms with E-state index in [1.165, 1.54) is 44.5 Å². The number of nitrogens with one attached hydrogen (secondary N) is 1. The minimum absolute atomic E-state index is 0.117. The van der Waals surface area contributed by atoms with Gasteiger partial charge in [0.15, 0.2) is 17.2 Å². The monoisotopic (exact) mass is 700 g/mol. The van der Waals surface area contributed by atoms with Crippen molar-refractivity contribution in [3.63, 3.8) is 0 Å². The molecule has 5 aromatic rings. The molecule has 1 aliphatic heterocycles. The SMILES string of the molecule is CN(CCOc1ccc(Cl)cc1)C1CCN(C(=O)Cn2cc(NC(=O)c3cnn4cccnc34)n2-c2cc(Cl)ccc2OC(F)F)CC1. The zero-order valence-electron chi connectivity index (χ0n) is 25.8. The second kappa shape index (κ2) is 14.6. The van der Waals surface area contributed by atoms with Crippen LogP contribution in [0.5, 0.6) is 11.5 Å². The Hall–Kier alpha value is -4.66. The second-order valence-corrected chi connectivity index (χ2v) is 12.1. The Labute approximate surface area is 284 Å². The van der Waals surface area contributed by atoms with E-state index in [-0.39, 0.29) is 46.3 Å². The molecule has 4 heterocycles. The zero-order chi connectivity index (χ0) is 33.8. The number of hydrogen-bond acceptors (Lipinski definition) is 7. The molecule has 6 rings (SSSR count). The van der Waals surface area contributed by atoms with Gasteiger partial charge in [-0.2, -0.15) is 13.9 Å². The highest BCUT2D eigenvalue weighted by molar-refractivity contribution is 6.31. The summed E-state index contributed by atoms with van der Waals surface area (Å²) < 4.78 is 41.7. The molecule has 0 saturated carbocycles. The van der Waals surface area contributed by atoms with Crippen LogP contribution in [0.25, 0.3) is 11.3 Å². The lowest BCUT2D eigenvalue weighted by atomic mass is 10.0. The van der Waals surface area contributed by atoms with E-state index in [0.29, 0.717) is 30.4 Å². The van der Waals surface area contributed by atoms with Crippen molar-refractivity contribution < 1.29 is 27.8 Å². The van der Waals surface area contributed by atoms with Gasteiger partial charge in [0.2, 0.25) is 5.91 Å². The highest BCUT2D eigenvalue weighted by Gasteiger charge is 2.28. The summed E-state index contributed by atoms with van der Waals surface area (Å²) in [6.07, 6.45) is 7.66. The third-order valence-corrected chi connectivity index (χ3v) is 8.64. The predicted octanol–water partition coefficient (Wildman–Crippen LogP) is 5.48. The number of benzene rings is 2. The first-order valence-electron chi connectivity index (χ1n) is 15.1. The van der Waals surface area contributed by atoms with Crippen molar-refractivity contribution in [1.82, 2.24) is 33.8 Å². The Morgan fingerprint density at radius 1 is 1.10 bits per heavy atom. The number of carbonyl (C=O) groups excluding carboxylic acids is 2. The first-order valence-corrected chi connectivity index (χ1v) is 15.9. The molecule has 1 aliphatic rings. The van der Waals surface area contributed by atoms with E-state index in [1.54, 1.807) is 35.5 Å². The van der Waals surface area contributed by atoms with Crippen LogP contribution in [0, 0.1) is 0 Å². The van der Waals surface area contributed by atoms with Crippen molar-refractivity contribution in [3.8, 4) is 17.2 Å². The molecule has 16 heteroatoms. The van der Waals surface area contributed by atoms with Gasteiger partial charge in [-0.05, 0) is 68.4 Å². The number of nitrogens with zero attached hydrogens (tertiary/aromatic N) is 7. The van der Waals surface area contributed by atoms with Crippen molar-refractivity contribution in [1.29, 1.82) is 0 Å². The Morgan fingerprint density at radius 2 is 1.85 bits per heavy atom. The van der Waals surface area contributed by atoms with Gasteiger partial charge in [-0.25, -0.2) is 14.2 Å². The molecule has 252 valence electrons. The summed E-state index contributed by atoms with van der Waals surface area (Å²) in [5, 5.41) is 7.81. The molecule has 1 saturated heterocycles. The average molecular weight is 702 g/mol. The number of amides is 2. The summed E-state index contributed by atoms with van der Waals surface area (Å²) in [4.78, 5) is 35.0. The van der Waals surface area contributed by atoms with E-state index >= 15 is 0 Å². The lowest BCUT2D eigenvalue weighted by Gasteiger charge is -2.37. The minimum Gasteiger partial charge on any atom is -0.492 e. The van der Waals surface area contributed by atoms with Crippen LogP contribution >= 0.6 is 23.2 Å². The van der Waals surface area contributed by atoms with E-state index in [4.69, 9.17) is 32.7 Å². The van der Waals surface area contributed by atoms with Crippen LogP contribution in [-0.4, -0.2) is 91.5 Å². The number of piperidine rings is 1. The highest BCUT2D eigenvalue weighted by Crippen LogP contribution is 2.33. The van der Waals surface area contributed by atoms with Crippen LogP contribution in [0.15, 0.2) is 73.3 Å². The molecule has 2 amide bonds. The number of alkyl halides is 2. The van der Waals surface area contributed by atoms with Gasteiger partial charge < -0.3 is 19.7 Å². The summed E-state index contributed by atoms with van der Waals surface area (Å²) in [6, 6.07) is 13.3. The van der Waals surface area contributed by atoms with Crippen LogP contribution in [0.1, 0.15) is 23.2 Å². The van der Waals surface area contributed by atoms with Gasteiger partial charge in [0.25, 0.3) is 5.91 Å². The molecule has 0 bridgehead atoms. The molecule has 0 radical (unpaired) electrons. The smallest absolute Gasteiger partial charge is 0.387 e. The van der Waals surface area contributed by atoms with E-state index in [1.807, 2.05) is 19.2 Å². The van der Waals surface area contributed by atoms with Gasteiger partial charge in [0.05, 0.1) is 12.4 Å². The maximum atomic E-state index is 13.5. The number of fused-ring (bicyclic) bond motifs is 1. The molecule has 0 atom stereocenters. The Bertz CT molecular complexity index is 1890. The maximum Gasteiger partial charge on any atom is 0.387 e. The van der Waals surface area contributed by atoms with E-state index in [2.05, 4.69) is 20.3 Å². The van der Waals surface area contributed by atoms with Gasteiger partial charge in [-0.1, -0.05) is 23.2 Å². The van der Waals surface area contributed by atoms with Gasteiger partial charge in [-0.15, -0.1) is 0 Å². The first-order chi connectivity index (χ1) is 23.2. The van der Waals surface area contributed by atoms with Crippen molar-refractivity contribution >= 4 is 46.5 Å². The van der Waals surface area contributed by atoms with Crippen molar-refractivity contribution in [3.05, 3.63) is 88.9 Å². The number of hydrogen-bond donors (Lipinski definition) is 1. The standard InChI is InChI=1S/C32H32Cl2F2N8O4/c1-40(15-16-47-24-6-3-21(33)4-7-24)23-9-13-41(14-10-23)29(45)20-42-19-28(39-31(46)25-18-38-43-12-2-11-37-30(25)43)44(42)26-17-22(34)5-8-27(26)48-32(35)36/h2-8,11-12,17-19,23,32H,9-10,13-16,20H2,1H3,(H,39,46). The molecule has 0 unspecified atom stereocenters. The van der Waals surface area contributed by atoms with E-state index < -0.39 is 12.5 Å². The van der Waals surface area contributed by atoms with Crippen molar-refractivity contribution in [2.24, 2.45) is 0 Å². The summed E-state index contributed by atoms with van der Waals surface area (Å²) in [5.41, 5.74) is 0.652. The topological polar surface area (TPSA) is 111 Å². The molecular formula is C32H32Cl2F2N8O4. The molecule has 12 nitrogen and oxygen atoms in total. The molecule has 1 N–H and O–H groups in total. The molecule has 1 fully saturated rings. The molecule has 3 aromatic heterocycles. The number of anilines is 1. The number of aromatic nitrogens is 5. The Balaban J connectivity index is 1.13. The van der Waals surface area contributed by atoms with Crippen LogP contribution in [-0.2, 0) is 11.3 Å². The normalized spacial score (nSPS) is 13.9. The first kappa shape index (κ1) is 33.2. The second-order valence-electron chi connectivity index (χ2n) is 11.2. The third-order valence-electron chi connectivity index (χ3n) is 8.15. The quantitative estimate of drug-likeness (QED) is 0.183. The van der Waals surface area contributed by atoms with E-state index in [9.17, 15) is 18.4 Å². The fraction of sp³-hybridized carbons (Fsp3) is 0.312. The van der Waals surface area contributed by atoms with Crippen LogP contribution in [0.4, 0.5) is 14.6 Å². The van der Waals surface area contributed by atoms with Crippen LogP contribution in [0.2, 0.25) is 10.0 Å². The maximum absolute atomic E-state index is 13.5. The van der Waals surface area contributed by atoms with Crippen molar-refractivity contribution in [2.45, 2.75) is 32.0 Å². The number of likely N-dealkylation sites (tertiary alicyclic amines) is 1. The third kappa shape index (κ3) is 7.56. The number of ether oxygens (including phenoxy) is 2. The number of rotatable bonds is 12. The fourth-order valence-corrected chi connectivity index (χ4v) is 5.94. The number of likely N-dealkylation sites (N-methyl/N-ethyl adjacent to an activating group) is 1. The largest absolute Gasteiger partial charge is 0.492 e. The lowest BCUT2D eigenvalue weighted by molar-refractivity contribution is -0.133. The van der Waals surface area contributed by atoms with E-state index in [0.717, 1.165) is 25.1 Å². The highest BCUT2D eigenvalue weighted by atomic mass is 35.5. The zero-order valence-corrected chi connectivity index (χ0v) is 27.3. The molecular weight excluding hydrogens is 669 g/mol. The molecule has 48 heavy (non-hydrogen) atoms. The average Bonchev–Trinajstić information content (AvgIpc) is 3.50. The van der Waals surface area contributed by atoms with Gasteiger partial charge in [0.1, 0.15) is 30.2 Å². The number of halogens is 4. The van der Waals surface area contributed by atoms with Gasteiger partial charge >= 0.3 is 6.61 Å². The summed E-state index contributed by atoms with van der Waals surface area (Å²) >= 11 is 12.2. The molecule has 0 spiro atoms. The van der Waals surface area contributed by atoms with Crippen LogP contribution in [0.3, 0.4) is 0 Å².